The first-order chi connectivity index (χ1) is 14.3. The van der Waals surface area contributed by atoms with Gasteiger partial charge in [-0.2, -0.15) is 0 Å². The van der Waals surface area contributed by atoms with Gasteiger partial charge >= 0.3 is 0 Å². The lowest BCUT2D eigenvalue weighted by Gasteiger charge is -2.28. The summed E-state index contributed by atoms with van der Waals surface area (Å²) < 4.78 is -1.29. The fourth-order valence-electron chi connectivity index (χ4n) is 2.81. The molecule has 8 heteroatoms. The molecule has 1 N–H and O–H groups in total. The summed E-state index contributed by atoms with van der Waals surface area (Å²) in [5.74, 6) is -1.13. The van der Waals surface area contributed by atoms with E-state index < -0.39 is 9.70 Å². The third kappa shape index (κ3) is 5.76. The Morgan fingerprint density at radius 1 is 0.867 bits per heavy atom. The summed E-state index contributed by atoms with van der Waals surface area (Å²) >= 11 is 21.1. The van der Waals surface area contributed by atoms with Crippen molar-refractivity contribution in [1.29, 1.82) is 0 Å². The molecule has 30 heavy (non-hydrogen) atoms. The van der Waals surface area contributed by atoms with Crippen LogP contribution in [0.25, 0.3) is 0 Å². The maximum atomic E-state index is 13.0. The Morgan fingerprint density at radius 3 is 2.10 bits per heavy atom. The summed E-state index contributed by atoms with van der Waals surface area (Å²) in [5.41, 5.74) is 2.05. The lowest BCUT2D eigenvalue weighted by Crippen LogP contribution is -2.40. The normalized spacial score (nSPS) is 11.1. The number of amides is 2. The van der Waals surface area contributed by atoms with E-state index in [1.165, 1.54) is 4.90 Å². The Balaban J connectivity index is 1.99. The van der Waals surface area contributed by atoms with E-state index in [0.29, 0.717) is 11.4 Å². The van der Waals surface area contributed by atoms with E-state index in [9.17, 15) is 9.59 Å². The molecule has 0 aliphatic heterocycles. The minimum atomic E-state index is -2.18. The molecule has 0 aromatic heterocycles. The summed E-state index contributed by atoms with van der Waals surface area (Å²) in [6.07, 6.45) is 0. The molecule has 0 bridgehead atoms. The smallest absolute Gasteiger partial charge is 0.279 e. The second kappa shape index (κ2) is 9.84. The molecule has 3 aromatic rings. The first-order valence-corrected chi connectivity index (χ1v) is 10.8. The lowest BCUT2D eigenvalue weighted by molar-refractivity contribution is -0.117. The quantitative estimate of drug-likeness (QED) is 0.381. The Hall–Kier alpha value is -2.05. The van der Waals surface area contributed by atoms with Crippen LogP contribution in [0.5, 0.6) is 0 Å². The molecule has 0 aliphatic carbocycles. The molecule has 0 spiro atoms. The van der Waals surface area contributed by atoms with E-state index in [2.05, 4.69) is 21.2 Å². The molecule has 2 amide bonds. The van der Waals surface area contributed by atoms with Crippen LogP contribution < -0.4 is 10.2 Å². The van der Waals surface area contributed by atoms with E-state index in [0.717, 1.165) is 10.0 Å². The molecule has 0 unspecified atom stereocenters. The zero-order valence-corrected chi connectivity index (χ0v) is 19.3. The number of carbonyl (C=O) groups is 2. The molecule has 0 atom stereocenters. The van der Waals surface area contributed by atoms with Gasteiger partial charge in [-0.25, -0.2) is 0 Å². The average molecular weight is 527 g/mol. The molecule has 0 heterocycles. The van der Waals surface area contributed by atoms with Crippen molar-refractivity contribution in [3.05, 3.63) is 94.5 Å². The van der Waals surface area contributed by atoms with Crippen molar-refractivity contribution >= 4 is 73.9 Å². The zero-order chi connectivity index (χ0) is 21.7. The van der Waals surface area contributed by atoms with Gasteiger partial charge in [0.1, 0.15) is 0 Å². The summed E-state index contributed by atoms with van der Waals surface area (Å²) in [7, 11) is 0. The fraction of sp³-hybridized carbons (Fsp3) is 0.0909. The minimum Gasteiger partial charge on any atom is -0.322 e. The molecule has 0 saturated heterocycles. The Kier molecular flexibility index (Phi) is 7.42. The van der Waals surface area contributed by atoms with E-state index in [1.54, 1.807) is 36.4 Å². The van der Waals surface area contributed by atoms with Crippen LogP contribution in [-0.2, 0) is 11.3 Å². The maximum Gasteiger partial charge on any atom is 0.279 e. The van der Waals surface area contributed by atoms with Crippen molar-refractivity contribution in [2.75, 3.05) is 10.2 Å². The van der Waals surface area contributed by atoms with Crippen LogP contribution in [0.1, 0.15) is 15.9 Å². The minimum absolute atomic E-state index is 0.121. The number of nitrogens with zero attached hydrogens (tertiary/aromatic N) is 1. The molecule has 0 radical (unpaired) electrons. The second-order valence-electron chi connectivity index (χ2n) is 6.35. The topological polar surface area (TPSA) is 49.4 Å². The highest BCUT2D eigenvalue weighted by Crippen LogP contribution is 2.33. The molecule has 154 valence electrons. The number of nitrogens with one attached hydrogen (secondary N) is 1. The van der Waals surface area contributed by atoms with Gasteiger partial charge < -0.3 is 10.2 Å². The Bertz CT molecular complexity index is 1040. The number of hydrogen-bond donors (Lipinski definition) is 1. The van der Waals surface area contributed by atoms with Crippen molar-refractivity contribution in [3.8, 4) is 0 Å². The summed E-state index contributed by atoms with van der Waals surface area (Å²) in [6, 6.07) is 23.1. The number of benzene rings is 3. The predicted molar refractivity (Wildman–Crippen MR) is 126 cm³/mol. The van der Waals surface area contributed by atoms with Crippen molar-refractivity contribution in [1.82, 2.24) is 0 Å². The highest BCUT2D eigenvalue weighted by Gasteiger charge is 2.37. The summed E-state index contributed by atoms with van der Waals surface area (Å²) in [6.45, 7) is 0.121. The molecule has 3 rings (SSSR count). The molecule has 0 aliphatic rings. The number of rotatable bonds is 5. The van der Waals surface area contributed by atoms with Crippen LogP contribution in [0.15, 0.2) is 83.3 Å². The van der Waals surface area contributed by atoms with Gasteiger partial charge in [0.25, 0.3) is 15.6 Å². The first kappa shape index (κ1) is 22.6. The van der Waals surface area contributed by atoms with Crippen LogP contribution in [-0.4, -0.2) is 15.6 Å². The van der Waals surface area contributed by atoms with Gasteiger partial charge in [-0.05, 0) is 42.0 Å². The zero-order valence-electron chi connectivity index (χ0n) is 15.5. The van der Waals surface area contributed by atoms with Crippen molar-refractivity contribution in [2.24, 2.45) is 0 Å². The molecular formula is C22H16BrCl3N2O2. The summed E-state index contributed by atoms with van der Waals surface area (Å²) in [4.78, 5) is 27.2. The number of anilines is 2. The number of hydrogen-bond acceptors (Lipinski definition) is 2. The van der Waals surface area contributed by atoms with Gasteiger partial charge in [0.05, 0.1) is 17.8 Å². The monoisotopic (exact) mass is 524 g/mol. The van der Waals surface area contributed by atoms with Gasteiger partial charge in [0, 0.05) is 10.2 Å². The van der Waals surface area contributed by atoms with Crippen molar-refractivity contribution in [3.63, 3.8) is 0 Å². The van der Waals surface area contributed by atoms with Crippen molar-refractivity contribution in [2.45, 2.75) is 10.3 Å². The fourth-order valence-corrected chi connectivity index (χ4v) is 3.38. The summed E-state index contributed by atoms with van der Waals surface area (Å²) in [5, 5.41) is 2.82. The SMILES string of the molecule is O=C(Nc1ccccc1)c1ccccc1N(Cc1ccc(Br)cc1)C(=O)C(Cl)(Cl)Cl. The van der Waals surface area contributed by atoms with Crippen LogP contribution in [0.2, 0.25) is 0 Å². The molecule has 4 nitrogen and oxygen atoms in total. The number of para-hydroxylation sites is 2. The third-order valence-electron chi connectivity index (χ3n) is 4.21. The molecule has 0 saturated carbocycles. The molecular weight excluding hydrogens is 511 g/mol. The van der Waals surface area contributed by atoms with Crippen molar-refractivity contribution < 1.29 is 9.59 Å². The predicted octanol–water partition coefficient (Wildman–Crippen LogP) is 6.60. The van der Waals surface area contributed by atoms with Crippen LogP contribution in [0, 0.1) is 0 Å². The highest BCUT2D eigenvalue weighted by atomic mass is 79.9. The lowest BCUT2D eigenvalue weighted by atomic mass is 10.1. The van der Waals surface area contributed by atoms with E-state index in [1.807, 2.05) is 42.5 Å². The van der Waals surface area contributed by atoms with Gasteiger partial charge in [-0.3, -0.25) is 9.59 Å². The third-order valence-corrected chi connectivity index (χ3v) is 5.23. The number of carbonyl (C=O) groups excluding carboxylic acids is 2. The number of alkyl halides is 3. The van der Waals surface area contributed by atoms with E-state index in [-0.39, 0.29) is 18.0 Å². The van der Waals surface area contributed by atoms with Gasteiger partial charge in [0.2, 0.25) is 0 Å². The number of halogens is 4. The molecule has 3 aromatic carbocycles. The Labute approximate surface area is 197 Å². The first-order valence-electron chi connectivity index (χ1n) is 8.84. The van der Waals surface area contributed by atoms with Gasteiger partial charge in [-0.15, -0.1) is 0 Å². The average Bonchev–Trinajstić information content (AvgIpc) is 2.73. The van der Waals surface area contributed by atoms with Crippen LogP contribution in [0.3, 0.4) is 0 Å². The standard InChI is InChI=1S/C22H16BrCl3N2O2/c23-16-12-10-15(11-13-16)14-28(21(30)22(24,25)26)19-9-5-4-8-18(19)20(29)27-17-6-2-1-3-7-17/h1-13H,14H2,(H,27,29). The maximum absolute atomic E-state index is 13.0. The van der Waals surface area contributed by atoms with Gasteiger partial charge in [0.15, 0.2) is 0 Å². The highest BCUT2D eigenvalue weighted by molar-refractivity contribution is 9.10. The Morgan fingerprint density at radius 2 is 1.47 bits per heavy atom. The molecule has 0 fully saturated rings. The van der Waals surface area contributed by atoms with Crippen LogP contribution >= 0.6 is 50.7 Å². The van der Waals surface area contributed by atoms with Crippen LogP contribution in [0.4, 0.5) is 11.4 Å². The van der Waals surface area contributed by atoms with E-state index >= 15 is 0 Å². The largest absolute Gasteiger partial charge is 0.322 e. The van der Waals surface area contributed by atoms with E-state index in [4.69, 9.17) is 34.8 Å². The second-order valence-corrected chi connectivity index (χ2v) is 9.55. The van der Waals surface area contributed by atoms with Gasteiger partial charge in [-0.1, -0.05) is 93.2 Å².